The fourth-order valence-corrected chi connectivity index (χ4v) is 1.29. The van der Waals surface area contributed by atoms with Crippen LogP contribution >= 0.6 is 0 Å². The molecule has 100 valence electrons. The average molecular weight is 253 g/mol. The van der Waals surface area contributed by atoms with Crippen molar-refractivity contribution in [3.63, 3.8) is 0 Å². The van der Waals surface area contributed by atoms with Gasteiger partial charge in [0.25, 0.3) is 5.91 Å². The van der Waals surface area contributed by atoms with E-state index in [4.69, 9.17) is 9.84 Å². The van der Waals surface area contributed by atoms with Crippen LogP contribution in [-0.2, 0) is 0 Å². The molecule has 18 heavy (non-hydrogen) atoms. The third kappa shape index (κ3) is 3.63. The van der Waals surface area contributed by atoms with Crippen LogP contribution in [0, 0.1) is 5.41 Å². The number of aliphatic hydroxyl groups is 1. The van der Waals surface area contributed by atoms with E-state index in [1.54, 1.807) is 6.07 Å². The van der Waals surface area contributed by atoms with E-state index in [0.717, 1.165) is 0 Å². The number of aromatic hydroxyl groups is 1. The molecule has 0 saturated heterocycles. The second kappa shape index (κ2) is 5.73. The number of carbonyl (C=O) groups is 1. The first kappa shape index (κ1) is 14.3. The zero-order valence-corrected chi connectivity index (χ0v) is 10.9. The van der Waals surface area contributed by atoms with Crippen molar-refractivity contribution in [1.82, 2.24) is 5.32 Å². The maximum absolute atomic E-state index is 11.9. The van der Waals surface area contributed by atoms with Crippen molar-refractivity contribution in [3.05, 3.63) is 23.8 Å². The minimum atomic E-state index is -0.399. The van der Waals surface area contributed by atoms with Crippen molar-refractivity contribution in [2.75, 3.05) is 20.3 Å². The highest BCUT2D eigenvalue weighted by molar-refractivity contribution is 5.97. The summed E-state index contributed by atoms with van der Waals surface area (Å²) in [6.45, 7) is 3.95. The summed E-state index contributed by atoms with van der Waals surface area (Å²) in [6, 6.07) is 4.45. The Kier molecular flexibility index (Phi) is 4.55. The molecule has 0 fully saturated rings. The zero-order chi connectivity index (χ0) is 13.8. The smallest absolute Gasteiger partial charge is 0.255 e. The number of rotatable bonds is 5. The Morgan fingerprint density at radius 3 is 2.67 bits per heavy atom. The molecule has 5 heteroatoms. The molecule has 0 unspecified atom stereocenters. The number of hydrogen-bond acceptors (Lipinski definition) is 4. The summed E-state index contributed by atoms with van der Waals surface area (Å²) in [5, 5.41) is 21.4. The van der Waals surface area contributed by atoms with Crippen molar-refractivity contribution in [3.8, 4) is 11.5 Å². The number of hydrogen-bond donors (Lipinski definition) is 3. The summed E-state index contributed by atoms with van der Waals surface area (Å²) in [5.41, 5.74) is -0.243. The molecule has 3 N–H and O–H groups in total. The number of nitrogens with one attached hydrogen (secondary N) is 1. The van der Waals surface area contributed by atoms with Gasteiger partial charge >= 0.3 is 0 Å². The number of methoxy groups -OCH3 is 1. The molecule has 0 saturated carbocycles. The molecule has 0 bridgehead atoms. The third-order valence-electron chi connectivity index (χ3n) is 2.60. The van der Waals surface area contributed by atoms with Gasteiger partial charge in [-0.2, -0.15) is 0 Å². The van der Waals surface area contributed by atoms with Crippen LogP contribution in [0.5, 0.6) is 11.5 Å². The Bertz CT molecular complexity index is 429. The molecule has 1 amide bonds. The molecule has 5 nitrogen and oxygen atoms in total. The van der Waals surface area contributed by atoms with Gasteiger partial charge in [0, 0.05) is 18.6 Å². The van der Waals surface area contributed by atoms with E-state index < -0.39 is 11.3 Å². The number of benzene rings is 1. The van der Waals surface area contributed by atoms with Gasteiger partial charge in [-0.25, -0.2) is 0 Å². The molecule has 0 aromatic heterocycles. The summed E-state index contributed by atoms with van der Waals surface area (Å²) in [7, 11) is 1.49. The van der Waals surface area contributed by atoms with Gasteiger partial charge in [-0.15, -0.1) is 0 Å². The Balaban J connectivity index is 2.78. The van der Waals surface area contributed by atoms with Gasteiger partial charge in [0.2, 0.25) is 0 Å². The Morgan fingerprint density at radius 1 is 1.44 bits per heavy atom. The molecular weight excluding hydrogens is 234 g/mol. The summed E-state index contributed by atoms with van der Waals surface area (Å²) < 4.78 is 5.00. The van der Waals surface area contributed by atoms with Gasteiger partial charge < -0.3 is 20.3 Å². The monoisotopic (exact) mass is 253 g/mol. The van der Waals surface area contributed by atoms with E-state index in [0.29, 0.717) is 12.3 Å². The second-order valence-electron chi connectivity index (χ2n) is 4.89. The minimum absolute atomic E-state index is 0.0304. The third-order valence-corrected chi connectivity index (χ3v) is 2.60. The van der Waals surface area contributed by atoms with E-state index in [1.807, 2.05) is 13.8 Å². The largest absolute Gasteiger partial charge is 0.507 e. The van der Waals surface area contributed by atoms with Crippen LogP contribution in [0.1, 0.15) is 24.2 Å². The van der Waals surface area contributed by atoms with E-state index >= 15 is 0 Å². The summed E-state index contributed by atoms with van der Waals surface area (Å²) in [5.74, 6) is 0.00222. The first-order valence-corrected chi connectivity index (χ1v) is 5.66. The number of ether oxygens (including phenoxy) is 1. The van der Waals surface area contributed by atoms with Crippen LogP contribution in [0.25, 0.3) is 0 Å². The number of carbonyl (C=O) groups excluding carboxylic acids is 1. The number of aliphatic hydroxyl groups excluding tert-OH is 1. The van der Waals surface area contributed by atoms with Crippen LogP contribution in [0.2, 0.25) is 0 Å². The minimum Gasteiger partial charge on any atom is -0.507 e. The SMILES string of the molecule is COc1ccc(O)c(C(=O)NCC(C)(C)CO)c1. The van der Waals surface area contributed by atoms with Gasteiger partial charge in [-0.3, -0.25) is 4.79 Å². The average Bonchev–Trinajstić information content (AvgIpc) is 2.36. The Morgan fingerprint density at radius 2 is 2.11 bits per heavy atom. The first-order chi connectivity index (χ1) is 8.39. The van der Waals surface area contributed by atoms with Crippen molar-refractivity contribution in [2.24, 2.45) is 5.41 Å². The summed E-state index contributed by atoms with van der Waals surface area (Å²) >= 11 is 0. The van der Waals surface area contributed by atoms with E-state index in [1.165, 1.54) is 19.2 Å². The second-order valence-corrected chi connectivity index (χ2v) is 4.89. The van der Waals surface area contributed by atoms with Gasteiger partial charge in [0.05, 0.1) is 12.7 Å². The Hall–Kier alpha value is -1.75. The van der Waals surface area contributed by atoms with Crippen LogP contribution in [0.4, 0.5) is 0 Å². The number of phenols is 1. The lowest BCUT2D eigenvalue weighted by molar-refractivity contribution is 0.0908. The number of amides is 1. The highest BCUT2D eigenvalue weighted by Crippen LogP contribution is 2.23. The quantitative estimate of drug-likeness (QED) is 0.735. The molecule has 1 rings (SSSR count). The van der Waals surface area contributed by atoms with Gasteiger partial charge in [0.15, 0.2) is 0 Å². The van der Waals surface area contributed by atoms with Crippen LogP contribution in [0.15, 0.2) is 18.2 Å². The summed E-state index contributed by atoms with van der Waals surface area (Å²) in [6.07, 6.45) is 0. The summed E-state index contributed by atoms with van der Waals surface area (Å²) in [4.78, 5) is 11.9. The molecule has 0 aliphatic carbocycles. The van der Waals surface area contributed by atoms with E-state index in [-0.39, 0.29) is 17.9 Å². The van der Waals surface area contributed by atoms with Crippen molar-refractivity contribution in [1.29, 1.82) is 0 Å². The lowest BCUT2D eigenvalue weighted by Crippen LogP contribution is -2.36. The molecule has 0 aliphatic heterocycles. The molecule has 0 aliphatic rings. The highest BCUT2D eigenvalue weighted by Gasteiger charge is 2.19. The zero-order valence-electron chi connectivity index (χ0n) is 10.9. The molecule has 1 aromatic carbocycles. The predicted molar refractivity (Wildman–Crippen MR) is 67.9 cm³/mol. The molecule has 1 aromatic rings. The molecular formula is C13H19NO4. The van der Waals surface area contributed by atoms with E-state index in [2.05, 4.69) is 5.32 Å². The molecule has 0 heterocycles. The lowest BCUT2D eigenvalue weighted by Gasteiger charge is -2.22. The topological polar surface area (TPSA) is 78.8 Å². The van der Waals surface area contributed by atoms with Crippen LogP contribution in [-0.4, -0.2) is 36.4 Å². The van der Waals surface area contributed by atoms with Gasteiger partial charge in [-0.1, -0.05) is 13.8 Å². The fraction of sp³-hybridized carbons (Fsp3) is 0.462. The molecule has 0 spiro atoms. The first-order valence-electron chi connectivity index (χ1n) is 5.66. The van der Waals surface area contributed by atoms with Gasteiger partial charge in [0.1, 0.15) is 11.5 Å². The van der Waals surface area contributed by atoms with Crippen LogP contribution < -0.4 is 10.1 Å². The maximum atomic E-state index is 11.9. The van der Waals surface area contributed by atoms with Gasteiger partial charge in [-0.05, 0) is 18.2 Å². The lowest BCUT2D eigenvalue weighted by atomic mass is 9.95. The number of phenolic OH excluding ortho intramolecular Hbond substituents is 1. The van der Waals surface area contributed by atoms with Crippen LogP contribution in [0.3, 0.4) is 0 Å². The molecule has 0 atom stereocenters. The molecule has 0 radical (unpaired) electrons. The Labute approximate surface area is 106 Å². The highest BCUT2D eigenvalue weighted by atomic mass is 16.5. The maximum Gasteiger partial charge on any atom is 0.255 e. The predicted octanol–water partition coefficient (Wildman–Crippen LogP) is 1.15. The fourth-order valence-electron chi connectivity index (χ4n) is 1.29. The normalized spacial score (nSPS) is 11.1. The van der Waals surface area contributed by atoms with Crippen molar-refractivity contribution < 1.29 is 19.7 Å². The van der Waals surface area contributed by atoms with Crippen molar-refractivity contribution in [2.45, 2.75) is 13.8 Å². The standard InChI is InChI=1S/C13H19NO4/c1-13(2,8-15)7-14-12(17)10-6-9(18-3)4-5-11(10)16/h4-6,15-16H,7-8H2,1-3H3,(H,14,17). The van der Waals surface area contributed by atoms with Crippen molar-refractivity contribution >= 4 is 5.91 Å². The van der Waals surface area contributed by atoms with E-state index in [9.17, 15) is 9.90 Å².